The monoisotopic (exact) mass is 254 g/mol. The van der Waals surface area contributed by atoms with Gasteiger partial charge in [-0.05, 0) is 0 Å². The van der Waals surface area contributed by atoms with Crippen molar-refractivity contribution in [2.75, 3.05) is 52.2 Å². The molecule has 96 valence electrons. The second-order valence-corrected chi connectivity index (χ2v) is 6.81. The average Bonchev–Trinajstić information content (AvgIpc) is 2.56. The first-order chi connectivity index (χ1) is 7.12. The molecule has 2 rings (SSSR count). The average molecular weight is 254 g/mol. The molecule has 2 aliphatic heterocycles. The second kappa shape index (κ2) is 4.55. The molecule has 0 saturated carbocycles. The number of quaternary nitrogens is 2. The van der Waals surface area contributed by atoms with E-state index in [1.54, 1.807) is 7.05 Å². The zero-order valence-electron chi connectivity index (χ0n) is 9.59. The molecule has 0 aromatic rings. The number of nitrogens with zero attached hydrogens (tertiary/aromatic N) is 2. The third-order valence-electron chi connectivity index (χ3n) is 2.42. The van der Waals surface area contributed by atoms with Crippen molar-refractivity contribution < 1.29 is 22.4 Å². The summed E-state index contributed by atoms with van der Waals surface area (Å²) < 4.78 is 25.2. The van der Waals surface area contributed by atoms with Crippen LogP contribution in [0.5, 0.6) is 0 Å². The Hall–Kier alpha value is -0.250. The standard InChI is InChI=1S/C4H9NO3S.C4H9NO2/c1-5(6)2-3-9(7,8)4-5;1-5(6)2-3-7-4-5/h2-4H2,1H3;2-4H2,1H3. The van der Waals surface area contributed by atoms with Crippen molar-refractivity contribution in [1.29, 1.82) is 0 Å². The van der Waals surface area contributed by atoms with Crippen LogP contribution in [0.3, 0.4) is 0 Å². The lowest BCUT2D eigenvalue weighted by molar-refractivity contribution is -0.857. The number of sulfone groups is 1. The normalized spacial score (nSPS) is 41.5. The topological polar surface area (TPSA) is 89.5 Å². The van der Waals surface area contributed by atoms with E-state index >= 15 is 0 Å². The van der Waals surface area contributed by atoms with E-state index in [-0.39, 0.29) is 22.8 Å². The highest BCUT2D eigenvalue weighted by atomic mass is 32.2. The molecule has 0 aliphatic carbocycles. The molecular formula is C8H18N2O5S. The molecule has 2 atom stereocenters. The Bertz CT molecular complexity index is 330. The predicted molar refractivity (Wildman–Crippen MR) is 58.3 cm³/mol. The molecule has 0 amide bonds. The summed E-state index contributed by atoms with van der Waals surface area (Å²) in [6.07, 6.45) is 0. The maximum Gasteiger partial charge on any atom is 0.206 e. The molecule has 2 saturated heterocycles. The van der Waals surface area contributed by atoms with E-state index in [0.29, 0.717) is 19.9 Å². The van der Waals surface area contributed by atoms with E-state index in [1.807, 2.05) is 0 Å². The molecule has 2 fully saturated rings. The van der Waals surface area contributed by atoms with E-state index in [9.17, 15) is 18.8 Å². The first-order valence-electron chi connectivity index (χ1n) is 5.01. The summed E-state index contributed by atoms with van der Waals surface area (Å²) in [5.41, 5.74) is 0. The minimum atomic E-state index is -2.99. The highest BCUT2D eigenvalue weighted by Crippen LogP contribution is 2.12. The van der Waals surface area contributed by atoms with E-state index in [0.717, 1.165) is 0 Å². The number of hydrogen-bond acceptors (Lipinski definition) is 5. The van der Waals surface area contributed by atoms with Gasteiger partial charge in [0.05, 0.1) is 20.6 Å². The lowest BCUT2D eigenvalue weighted by atomic mass is 10.7. The lowest BCUT2D eigenvalue weighted by Gasteiger charge is -2.31. The fourth-order valence-electron chi connectivity index (χ4n) is 1.46. The third-order valence-corrected chi connectivity index (χ3v) is 4.16. The first kappa shape index (κ1) is 13.8. The van der Waals surface area contributed by atoms with Crippen molar-refractivity contribution in [2.24, 2.45) is 0 Å². The minimum absolute atomic E-state index is 0.0486. The summed E-state index contributed by atoms with van der Waals surface area (Å²) in [6.45, 7) is 1.78. The van der Waals surface area contributed by atoms with Crippen LogP contribution in [0.1, 0.15) is 0 Å². The molecule has 0 bridgehead atoms. The third kappa shape index (κ3) is 4.73. The maximum atomic E-state index is 10.9. The first-order valence-corrected chi connectivity index (χ1v) is 6.83. The quantitative estimate of drug-likeness (QED) is 0.418. The van der Waals surface area contributed by atoms with Crippen molar-refractivity contribution in [3.63, 3.8) is 0 Å². The molecule has 7 nitrogen and oxygen atoms in total. The van der Waals surface area contributed by atoms with Crippen molar-refractivity contribution in [1.82, 2.24) is 0 Å². The number of hydrogen-bond donors (Lipinski definition) is 0. The molecule has 0 spiro atoms. The van der Waals surface area contributed by atoms with Gasteiger partial charge in [0, 0.05) is 0 Å². The van der Waals surface area contributed by atoms with Crippen LogP contribution in [-0.4, -0.2) is 69.9 Å². The predicted octanol–water partition coefficient (Wildman–Crippen LogP) is -0.765. The SMILES string of the molecule is C[N+]1([O-])CCOC1.C[N+]1([O-])CCS(=O)(=O)C1. The summed E-state index contributed by atoms with van der Waals surface area (Å²) >= 11 is 0. The van der Waals surface area contributed by atoms with Crippen LogP contribution < -0.4 is 0 Å². The van der Waals surface area contributed by atoms with Gasteiger partial charge in [0.1, 0.15) is 18.9 Å². The van der Waals surface area contributed by atoms with Crippen molar-refractivity contribution >= 4 is 9.84 Å². The molecular weight excluding hydrogens is 236 g/mol. The molecule has 0 aromatic carbocycles. The van der Waals surface area contributed by atoms with Gasteiger partial charge in [-0.3, -0.25) is 0 Å². The Morgan fingerprint density at radius 1 is 1.12 bits per heavy atom. The summed E-state index contributed by atoms with van der Waals surface area (Å²) in [4.78, 5) is 0. The Balaban J connectivity index is 0.000000165. The molecule has 2 heterocycles. The smallest absolute Gasteiger partial charge is 0.206 e. The van der Waals surface area contributed by atoms with Crippen LogP contribution in [0.25, 0.3) is 0 Å². The van der Waals surface area contributed by atoms with Crippen LogP contribution in [0.2, 0.25) is 0 Å². The number of rotatable bonds is 0. The van der Waals surface area contributed by atoms with Crippen LogP contribution in [0, 0.1) is 10.4 Å². The molecule has 8 heteroatoms. The Morgan fingerprint density at radius 2 is 1.75 bits per heavy atom. The summed E-state index contributed by atoms with van der Waals surface area (Å²) in [5.74, 6) is -0.194. The van der Waals surface area contributed by atoms with Crippen LogP contribution >= 0.6 is 0 Å². The van der Waals surface area contributed by atoms with Gasteiger partial charge >= 0.3 is 0 Å². The molecule has 2 aliphatic rings. The van der Waals surface area contributed by atoms with E-state index < -0.39 is 14.5 Å². The fourth-order valence-corrected chi connectivity index (χ4v) is 3.21. The molecule has 0 N–H and O–H groups in total. The Kier molecular flexibility index (Phi) is 3.93. The highest BCUT2D eigenvalue weighted by molar-refractivity contribution is 7.91. The van der Waals surface area contributed by atoms with E-state index in [2.05, 4.69) is 0 Å². The van der Waals surface area contributed by atoms with Crippen LogP contribution in [-0.2, 0) is 14.6 Å². The lowest BCUT2D eigenvalue weighted by Crippen LogP contribution is -2.34. The van der Waals surface area contributed by atoms with Gasteiger partial charge < -0.3 is 24.4 Å². The van der Waals surface area contributed by atoms with Gasteiger partial charge in [0.25, 0.3) is 0 Å². The van der Waals surface area contributed by atoms with Gasteiger partial charge in [-0.25, -0.2) is 8.42 Å². The fraction of sp³-hybridized carbons (Fsp3) is 1.00. The largest absolute Gasteiger partial charge is 0.632 e. The zero-order chi connectivity index (χ0) is 12.4. The van der Waals surface area contributed by atoms with Crippen LogP contribution in [0.15, 0.2) is 0 Å². The van der Waals surface area contributed by atoms with Crippen molar-refractivity contribution in [3.05, 3.63) is 10.4 Å². The van der Waals surface area contributed by atoms with Gasteiger partial charge in [-0.15, -0.1) is 0 Å². The Labute approximate surface area is 95.5 Å². The molecule has 2 unspecified atom stereocenters. The van der Waals surface area contributed by atoms with Crippen molar-refractivity contribution in [2.45, 2.75) is 0 Å². The molecule has 0 aromatic heterocycles. The summed E-state index contributed by atoms with van der Waals surface area (Å²) in [5, 5.41) is 21.6. The highest BCUT2D eigenvalue weighted by Gasteiger charge is 2.30. The van der Waals surface area contributed by atoms with Gasteiger partial charge in [0.2, 0.25) is 9.84 Å². The molecule has 16 heavy (non-hydrogen) atoms. The van der Waals surface area contributed by atoms with E-state index in [4.69, 9.17) is 4.74 Å². The Morgan fingerprint density at radius 3 is 1.88 bits per heavy atom. The maximum absolute atomic E-state index is 10.9. The van der Waals surface area contributed by atoms with Gasteiger partial charge in [-0.2, -0.15) is 0 Å². The molecule has 0 radical (unpaired) electrons. The van der Waals surface area contributed by atoms with Gasteiger partial charge in [-0.1, -0.05) is 0 Å². The summed E-state index contributed by atoms with van der Waals surface area (Å²) in [6, 6.07) is 0. The van der Waals surface area contributed by atoms with Crippen LogP contribution in [0.4, 0.5) is 0 Å². The minimum Gasteiger partial charge on any atom is -0.632 e. The van der Waals surface area contributed by atoms with Crippen molar-refractivity contribution in [3.8, 4) is 0 Å². The van der Waals surface area contributed by atoms with E-state index in [1.165, 1.54) is 7.05 Å². The number of ether oxygens (including phenoxy) is 1. The number of likely N-dealkylation sites (N-methyl/N-ethyl adjacent to an activating group) is 1. The number of hydroxylamine groups is 6. The summed E-state index contributed by atoms with van der Waals surface area (Å²) in [7, 11) is 0.00336. The second-order valence-electron chi connectivity index (χ2n) is 4.66. The zero-order valence-corrected chi connectivity index (χ0v) is 10.4. The van der Waals surface area contributed by atoms with Gasteiger partial charge in [0.15, 0.2) is 12.6 Å².